The van der Waals surface area contributed by atoms with E-state index >= 15 is 0 Å². The molecule has 0 amide bonds. The van der Waals surface area contributed by atoms with Crippen LogP contribution < -0.4 is 5.32 Å². The van der Waals surface area contributed by atoms with Crippen molar-refractivity contribution in [2.45, 2.75) is 4.90 Å². The zero-order chi connectivity index (χ0) is 14.2. The highest BCUT2D eigenvalue weighted by molar-refractivity contribution is 8.05. The van der Waals surface area contributed by atoms with Crippen molar-refractivity contribution in [3.63, 3.8) is 0 Å². The third-order valence-electron chi connectivity index (χ3n) is 3.35. The van der Waals surface area contributed by atoms with E-state index in [1.54, 1.807) is 18.0 Å². The molecule has 21 heavy (non-hydrogen) atoms. The Morgan fingerprint density at radius 1 is 1.14 bits per heavy atom. The first-order chi connectivity index (χ1) is 10.3. The molecule has 0 bridgehead atoms. The average Bonchev–Trinajstić information content (AvgIpc) is 2.91. The van der Waals surface area contributed by atoms with Gasteiger partial charge >= 0.3 is 0 Å². The van der Waals surface area contributed by atoms with E-state index in [0.29, 0.717) is 0 Å². The van der Waals surface area contributed by atoms with E-state index in [0.717, 1.165) is 32.2 Å². The van der Waals surface area contributed by atoms with Crippen LogP contribution >= 0.6 is 24.0 Å². The van der Waals surface area contributed by atoms with E-state index in [-0.39, 0.29) is 0 Å². The molecule has 0 unspecified atom stereocenters. The number of rotatable bonds is 1. The van der Waals surface area contributed by atoms with Crippen molar-refractivity contribution >= 4 is 51.8 Å². The van der Waals surface area contributed by atoms with E-state index in [1.807, 2.05) is 30.5 Å². The molecule has 0 spiro atoms. The number of thioether (sulfide) groups is 1. The van der Waals surface area contributed by atoms with Crippen LogP contribution in [0.2, 0.25) is 0 Å². The number of anilines is 1. The van der Waals surface area contributed by atoms with Crippen molar-refractivity contribution in [2.24, 2.45) is 0 Å². The van der Waals surface area contributed by atoms with Gasteiger partial charge in [0.1, 0.15) is 10.6 Å². The van der Waals surface area contributed by atoms with Crippen molar-refractivity contribution in [3.05, 3.63) is 59.3 Å². The predicted octanol–water partition coefficient (Wildman–Crippen LogP) is 4.45. The fourth-order valence-electron chi connectivity index (χ4n) is 2.34. The van der Waals surface area contributed by atoms with Crippen LogP contribution in [0.4, 0.5) is 5.69 Å². The maximum absolute atomic E-state index is 5.47. The highest BCUT2D eigenvalue weighted by Crippen LogP contribution is 2.39. The van der Waals surface area contributed by atoms with E-state index in [2.05, 4.69) is 33.5 Å². The van der Waals surface area contributed by atoms with Gasteiger partial charge in [0, 0.05) is 33.1 Å². The SMILES string of the molecule is S=C1Nc2ccccc2S/C1=C/c1c[nH]c2ncccc12. The predicted molar refractivity (Wildman–Crippen MR) is 92.6 cm³/mol. The first kappa shape index (κ1) is 12.6. The normalized spacial score (nSPS) is 16.0. The van der Waals surface area contributed by atoms with Crippen LogP contribution in [0.15, 0.2) is 58.6 Å². The van der Waals surface area contributed by atoms with Crippen LogP contribution in [-0.4, -0.2) is 15.0 Å². The number of benzene rings is 1. The minimum atomic E-state index is 0.761. The number of nitrogens with one attached hydrogen (secondary N) is 2. The number of hydrogen-bond acceptors (Lipinski definition) is 3. The summed E-state index contributed by atoms with van der Waals surface area (Å²) in [6.07, 6.45) is 5.86. The smallest absolute Gasteiger partial charge is 0.137 e. The molecule has 102 valence electrons. The molecule has 3 aromatic rings. The Bertz CT molecular complexity index is 880. The highest BCUT2D eigenvalue weighted by Gasteiger charge is 2.17. The summed E-state index contributed by atoms with van der Waals surface area (Å²) in [7, 11) is 0. The van der Waals surface area contributed by atoms with E-state index < -0.39 is 0 Å². The molecule has 0 saturated carbocycles. The first-order valence-electron chi connectivity index (χ1n) is 6.53. The number of fused-ring (bicyclic) bond motifs is 2. The number of aromatic amines is 1. The minimum absolute atomic E-state index is 0.761. The van der Waals surface area contributed by atoms with Crippen LogP contribution in [0.25, 0.3) is 17.1 Å². The molecule has 0 saturated heterocycles. The second-order valence-corrected chi connectivity index (χ2v) is 6.20. The Morgan fingerprint density at radius 2 is 2.05 bits per heavy atom. The van der Waals surface area contributed by atoms with Gasteiger partial charge in [0.15, 0.2) is 0 Å². The van der Waals surface area contributed by atoms with Crippen molar-refractivity contribution in [1.82, 2.24) is 9.97 Å². The molecular formula is C16H11N3S2. The maximum Gasteiger partial charge on any atom is 0.137 e. The second-order valence-electron chi connectivity index (χ2n) is 4.70. The third kappa shape index (κ3) is 2.24. The summed E-state index contributed by atoms with van der Waals surface area (Å²) in [4.78, 5) is 10.5. The second kappa shape index (κ2) is 5.02. The van der Waals surface area contributed by atoms with Crippen molar-refractivity contribution in [2.75, 3.05) is 5.32 Å². The molecule has 0 atom stereocenters. The van der Waals surface area contributed by atoms with Gasteiger partial charge in [0.25, 0.3) is 0 Å². The number of pyridine rings is 1. The van der Waals surface area contributed by atoms with Gasteiger partial charge in [-0.25, -0.2) is 4.98 Å². The topological polar surface area (TPSA) is 40.7 Å². The Labute approximate surface area is 131 Å². The molecule has 3 nitrogen and oxygen atoms in total. The molecule has 2 aromatic heterocycles. The van der Waals surface area contributed by atoms with Crippen LogP contribution in [0, 0.1) is 0 Å². The van der Waals surface area contributed by atoms with Gasteiger partial charge in [-0.3, -0.25) is 0 Å². The molecule has 0 radical (unpaired) electrons. The van der Waals surface area contributed by atoms with Crippen molar-refractivity contribution < 1.29 is 0 Å². The molecule has 0 aliphatic carbocycles. The molecular weight excluding hydrogens is 298 g/mol. The fourth-order valence-corrected chi connectivity index (χ4v) is 3.58. The van der Waals surface area contributed by atoms with Gasteiger partial charge in [0.2, 0.25) is 0 Å². The van der Waals surface area contributed by atoms with Gasteiger partial charge in [0.05, 0.1) is 5.69 Å². The number of para-hydroxylation sites is 1. The van der Waals surface area contributed by atoms with Gasteiger partial charge in [-0.05, 0) is 30.3 Å². The lowest BCUT2D eigenvalue weighted by Gasteiger charge is -2.20. The van der Waals surface area contributed by atoms with Gasteiger partial charge < -0.3 is 10.3 Å². The summed E-state index contributed by atoms with van der Waals surface area (Å²) >= 11 is 7.17. The summed E-state index contributed by atoms with van der Waals surface area (Å²) in [5.74, 6) is 0. The first-order valence-corrected chi connectivity index (χ1v) is 7.76. The lowest BCUT2D eigenvalue weighted by Crippen LogP contribution is -2.14. The molecule has 1 aliphatic rings. The third-order valence-corrected chi connectivity index (χ3v) is 4.92. The maximum atomic E-state index is 5.47. The Hall–Kier alpha value is -2.11. The zero-order valence-electron chi connectivity index (χ0n) is 11.0. The molecule has 0 fully saturated rings. The standard InChI is InChI=1S/C16H11N3S2/c20-16-14(21-13-6-2-1-5-12(13)19-16)8-10-9-18-15-11(10)4-3-7-17-15/h1-9H,(H,17,18)(H,19,20)/b14-8+. The lowest BCUT2D eigenvalue weighted by atomic mass is 10.2. The largest absolute Gasteiger partial charge is 0.346 e. The Balaban J connectivity index is 1.78. The summed E-state index contributed by atoms with van der Waals surface area (Å²) in [5.41, 5.74) is 3.07. The van der Waals surface area contributed by atoms with Crippen molar-refractivity contribution in [3.8, 4) is 0 Å². The number of H-pyrrole nitrogens is 1. The van der Waals surface area contributed by atoms with Crippen LogP contribution in [0.1, 0.15) is 5.56 Å². The lowest BCUT2D eigenvalue weighted by molar-refractivity contribution is 1.33. The minimum Gasteiger partial charge on any atom is -0.346 e. The molecule has 3 heterocycles. The monoisotopic (exact) mass is 309 g/mol. The molecule has 1 aliphatic heterocycles. The summed E-state index contributed by atoms with van der Waals surface area (Å²) in [6.45, 7) is 0. The quantitative estimate of drug-likeness (QED) is 0.515. The number of thiocarbonyl (C=S) groups is 1. The Morgan fingerprint density at radius 3 is 3.00 bits per heavy atom. The van der Waals surface area contributed by atoms with Crippen LogP contribution in [-0.2, 0) is 0 Å². The van der Waals surface area contributed by atoms with Crippen LogP contribution in [0.5, 0.6) is 0 Å². The fraction of sp³-hybridized carbons (Fsp3) is 0. The number of aromatic nitrogens is 2. The van der Waals surface area contributed by atoms with E-state index in [1.165, 1.54) is 4.90 Å². The number of nitrogens with zero attached hydrogens (tertiary/aromatic N) is 1. The molecule has 1 aromatic carbocycles. The van der Waals surface area contributed by atoms with Gasteiger partial charge in [-0.1, -0.05) is 36.1 Å². The van der Waals surface area contributed by atoms with Gasteiger partial charge in [-0.15, -0.1) is 0 Å². The van der Waals surface area contributed by atoms with E-state index in [4.69, 9.17) is 12.2 Å². The molecule has 5 heteroatoms. The zero-order valence-corrected chi connectivity index (χ0v) is 12.6. The summed E-state index contributed by atoms with van der Waals surface area (Å²) in [6, 6.07) is 12.2. The van der Waals surface area contributed by atoms with Crippen LogP contribution in [0.3, 0.4) is 0 Å². The average molecular weight is 309 g/mol. The van der Waals surface area contributed by atoms with Gasteiger partial charge in [-0.2, -0.15) is 0 Å². The van der Waals surface area contributed by atoms with E-state index in [9.17, 15) is 0 Å². The summed E-state index contributed by atoms with van der Waals surface area (Å²) in [5, 5.41) is 4.39. The summed E-state index contributed by atoms with van der Waals surface area (Å²) < 4.78 is 0. The Kier molecular flexibility index (Phi) is 3.02. The highest BCUT2D eigenvalue weighted by atomic mass is 32.2. The number of hydrogen-bond donors (Lipinski definition) is 2. The molecule has 4 rings (SSSR count). The van der Waals surface area contributed by atoms with Crippen molar-refractivity contribution in [1.29, 1.82) is 0 Å². The molecule has 2 N–H and O–H groups in total.